The van der Waals surface area contributed by atoms with Crippen molar-refractivity contribution in [3.05, 3.63) is 71.3 Å². The van der Waals surface area contributed by atoms with E-state index in [2.05, 4.69) is 0 Å². The Morgan fingerprint density at radius 1 is 0.920 bits per heavy atom. The number of ether oxygens (including phenoxy) is 1. The minimum atomic E-state index is -0.962. The van der Waals surface area contributed by atoms with Gasteiger partial charge in [-0.2, -0.15) is 0 Å². The molecule has 0 radical (unpaired) electrons. The van der Waals surface area contributed by atoms with Crippen molar-refractivity contribution >= 4 is 11.9 Å². The molecular weight excluding hydrogens is 316 g/mol. The van der Waals surface area contributed by atoms with E-state index in [4.69, 9.17) is 9.84 Å². The monoisotopic (exact) mass is 338 g/mol. The second-order valence-electron chi connectivity index (χ2n) is 6.59. The van der Waals surface area contributed by atoms with Crippen LogP contribution in [-0.2, 0) is 21.6 Å². The number of esters is 1. The molecule has 1 saturated carbocycles. The highest BCUT2D eigenvalue weighted by atomic mass is 16.5. The summed E-state index contributed by atoms with van der Waals surface area (Å²) in [7, 11) is 0. The summed E-state index contributed by atoms with van der Waals surface area (Å²) in [5, 5.41) is 9.08. The van der Waals surface area contributed by atoms with Crippen molar-refractivity contribution in [2.45, 2.75) is 44.1 Å². The van der Waals surface area contributed by atoms with E-state index in [9.17, 15) is 9.59 Å². The summed E-state index contributed by atoms with van der Waals surface area (Å²) >= 11 is 0. The van der Waals surface area contributed by atoms with Crippen molar-refractivity contribution in [3.8, 4) is 0 Å². The van der Waals surface area contributed by atoms with Gasteiger partial charge >= 0.3 is 11.9 Å². The Kier molecular flexibility index (Phi) is 5.17. The second kappa shape index (κ2) is 7.51. The quantitative estimate of drug-likeness (QED) is 0.824. The Balaban J connectivity index is 1.82. The van der Waals surface area contributed by atoms with E-state index in [1.165, 1.54) is 0 Å². The molecule has 2 aromatic carbocycles. The van der Waals surface area contributed by atoms with Gasteiger partial charge in [0.1, 0.15) is 6.61 Å². The maximum absolute atomic E-state index is 13.0. The van der Waals surface area contributed by atoms with Gasteiger partial charge in [-0.1, -0.05) is 61.7 Å². The van der Waals surface area contributed by atoms with E-state index >= 15 is 0 Å². The lowest BCUT2D eigenvalue weighted by molar-refractivity contribution is -0.153. The summed E-state index contributed by atoms with van der Waals surface area (Å²) < 4.78 is 5.65. The van der Waals surface area contributed by atoms with Gasteiger partial charge in [-0.3, -0.25) is 4.79 Å². The van der Waals surface area contributed by atoms with E-state index in [-0.39, 0.29) is 18.1 Å². The third kappa shape index (κ3) is 3.73. The molecule has 0 aromatic heterocycles. The first-order valence-electron chi connectivity index (χ1n) is 8.67. The van der Waals surface area contributed by atoms with Gasteiger partial charge < -0.3 is 9.84 Å². The molecule has 0 amide bonds. The molecule has 0 atom stereocenters. The Hall–Kier alpha value is -2.62. The van der Waals surface area contributed by atoms with E-state index < -0.39 is 11.4 Å². The number of hydrogen-bond donors (Lipinski definition) is 1. The highest BCUT2D eigenvalue weighted by Crippen LogP contribution is 2.40. The fourth-order valence-electron chi connectivity index (χ4n) is 3.56. The predicted octanol–water partition coefficient (Wildman–Crippen LogP) is 4.33. The zero-order valence-electron chi connectivity index (χ0n) is 14.1. The summed E-state index contributed by atoms with van der Waals surface area (Å²) in [6.45, 7) is 0.259. The highest BCUT2D eigenvalue weighted by Gasteiger charge is 2.42. The van der Waals surface area contributed by atoms with E-state index in [0.29, 0.717) is 0 Å². The first-order valence-corrected chi connectivity index (χ1v) is 8.67. The number of carboxylic acid groups (broad SMARTS) is 1. The topological polar surface area (TPSA) is 63.6 Å². The molecule has 4 nitrogen and oxygen atoms in total. The molecule has 0 aliphatic heterocycles. The normalized spacial score (nSPS) is 16.2. The van der Waals surface area contributed by atoms with Crippen LogP contribution >= 0.6 is 0 Å². The van der Waals surface area contributed by atoms with Crippen molar-refractivity contribution < 1.29 is 19.4 Å². The van der Waals surface area contributed by atoms with Gasteiger partial charge in [0.05, 0.1) is 11.0 Å². The molecule has 0 bridgehead atoms. The van der Waals surface area contributed by atoms with Crippen LogP contribution in [0.15, 0.2) is 54.6 Å². The van der Waals surface area contributed by atoms with Gasteiger partial charge in [0.2, 0.25) is 0 Å². The number of carbonyl (C=O) groups excluding carboxylic acids is 1. The lowest BCUT2D eigenvalue weighted by atomic mass is 9.69. The average Bonchev–Trinajstić information content (AvgIpc) is 2.67. The van der Waals surface area contributed by atoms with E-state index in [1.54, 1.807) is 24.3 Å². The summed E-state index contributed by atoms with van der Waals surface area (Å²) in [5.41, 5.74) is 1.38. The number of carbonyl (C=O) groups is 2. The van der Waals surface area contributed by atoms with Gasteiger partial charge in [-0.15, -0.1) is 0 Å². The van der Waals surface area contributed by atoms with Gasteiger partial charge in [0, 0.05) is 0 Å². The number of hydrogen-bond acceptors (Lipinski definition) is 3. The minimum absolute atomic E-state index is 0.209. The van der Waals surface area contributed by atoms with Crippen molar-refractivity contribution in [2.75, 3.05) is 0 Å². The summed E-state index contributed by atoms with van der Waals surface area (Å²) in [4.78, 5) is 24.0. The number of carboxylic acids is 1. The molecule has 0 spiro atoms. The van der Waals surface area contributed by atoms with Crippen LogP contribution in [0, 0.1) is 0 Å². The predicted molar refractivity (Wildman–Crippen MR) is 94.4 cm³/mol. The van der Waals surface area contributed by atoms with Crippen molar-refractivity contribution in [1.29, 1.82) is 0 Å². The molecular formula is C21H22O4. The van der Waals surface area contributed by atoms with Gasteiger partial charge in [0.25, 0.3) is 0 Å². The summed E-state index contributed by atoms with van der Waals surface area (Å²) in [6.07, 6.45) is 4.54. The summed E-state index contributed by atoms with van der Waals surface area (Å²) in [6, 6.07) is 16.3. The van der Waals surface area contributed by atoms with Crippen molar-refractivity contribution in [3.63, 3.8) is 0 Å². The molecule has 0 unspecified atom stereocenters. The molecule has 25 heavy (non-hydrogen) atoms. The molecule has 0 heterocycles. The third-order valence-electron chi connectivity index (χ3n) is 5.00. The molecule has 2 aromatic rings. The first-order chi connectivity index (χ1) is 12.1. The van der Waals surface area contributed by atoms with Crippen molar-refractivity contribution in [1.82, 2.24) is 0 Å². The first kappa shape index (κ1) is 17.2. The van der Waals surface area contributed by atoms with E-state index in [0.717, 1.165) is 43.2 Å². The molecule has 130 valence electrons. The molecule has 1 aliphatic rings. The SMILES string of the molecule is O=C(O)c1ccc(C2(C(=O)OCc3ccccc3)CCCCC2)cc1. The fourth-order valence-corrected chi connectivity index (χ4v) is 3.56. The number of aromatic carboxylic acids is 1. The van der Waals surface area contributed by atoms with Gasteiger partial charge in [0.15, 0.2) is 0 Å². The Morgan fingerprint density at radius 3 is 2.16 bits per heavy atom. The van der Waals surface area contributed by atoms with Crippen LogP contribution in [0.5, 0.6) is 0 Å². The average molecular weight is 338 g/mol. The third-order valence-corrected chi connectivity index (χ3v) is 5.00. The maximum Gasteiger partial charge on any atom is 0.335 e. The van der Waals surface area contributed by atoms with Gasteiger partial charge in [-0.25, -0.2) is 4.79 Å². The standard InChI is InChI=1S/C21H22O4/c22-19(23)17-9-11-18(12-10-17)21(13-5-2-6-14-21)20(24)25-15-16-7-3-1-4-8-16/h1,3-4,7-12H,2,5-6,13-15H2,(H,22,23). The van der Waals surface area contributed by atoms with Crippen molar-refractivity contribution in [2.24, 2.45) is 0 Å². The maximum atomic E-state index is 13.0. The molecule has 4 heteroatoms. The molecule has 1 N–H and O–H groups in total. The Labute approximate surface area is 147 Å². The second-order valence-corrected chi connectivity index (χ2v) is 6.59. The van der Waals surface area contributed by atoms with Crippen LogP contribution in [0.25, 0.3) is 0 Å². The van der Waals surface area contributed by atoms with E-state index in [1.807, 2.05) is 30.3 Å². The van der Waals surface area contributed by atoms with Gasteiger partial charge in [-0.05, 0) is 36.1 Å². The zero-order valence-corrected chi connectivity index (χ0v) is 14.1. The molecule has 1 aliphatic carbocycles. The minimum Gasteiger partial charge on any atom is -0.478 e. The van der Waals surface area contributed by atoms with Crippen LogP contribution < -0.4 is 0 Å². The molecule has 3 rings (SSSR count). The fraction of sp³-hybridized carbons (Fsp3) is 0.333. The highest BCUT2D eigenvalue weighted by molar-refractivity contribution is 5.88. The van der Waals surface area contributed by atoms with Crippen LogP contribution in [0.3, 0.4) is 0 Å². The zero-order chi connectivity index (χ0) is 17.7. The largest absolute Gasteiger partial charge is 0.478 e. The Bertz CT molecular complexity index is 728. The van der Waals surface area contributed by atoms with Crippen LogP contribution in [-0.4, -0.2) is 17.0 Å². The van der Waals surface area contributed by atoms with Crippen LogP contribution in [0.2, 0.25) is 0 Å². The number of benzene rings is 2. The lowest BCUT2D eigenvalue weighted by Crippen LogP contribution is -2.39. The van der Waals surface area contributed by atoms with Crippen LogP contribution in [0.4, 0.5) is 0 Å². The smallest absolute Gasteiger partial charge is 0.335 e. The molecule has 0 saturated heterocycles. The lowest BCUT2D eigenvalue weighted by Gasteiger charge is -2.35. The Morgan fingerprint density at radius 2 is 1.56 bits per heavy atom. The summed E-state index contributed by atoms with van der Waals surface area (Å²) in [5.74, 6) is -1.17. The number of rotatable bonds is 5. The molecule has 1 fully saturated rings. The van der Waals surface area contributed by atoms with Crippen LogP contribution in [0.1, 0.15) is 53.6 Å².